The highest BCUT2D eigenvalue weighted by molar-refractivity contribution is 5.66. The van der Waals surface area contributed by atoms with Crippen LogP contribution in [0.25, 0.3) is 0 Å². The molecule has 0 aliphatic carbocycles. The van der Waals surface area contributed by atoms with Crippen LogP contribution < -0.4 is 0 Å². The van der Waals surface area contributed by atoms with Gasteiger partial charge in [-0.15, -0.1) is 0 Å². The van der Waals surface area contributed by atoms with Crippen molar-refractivity contribution in [1.29, 1.82) is 0 Å². The van der Waals surface area contributed by atoms with E-state index >= 15 is 0 Å². The van der Waals surface area contributed by atoms with Gasteiger partial charge >= 0.3 is 0 Å². The molecule has 0 aromatic heterocycles. The average Bonchev–Trinajstić information content (AvgIpc) is 2.47. The maximum atomic E-state index is 5.12. The third-order valence-electron chi connectivity index (χ3n) is 1.90. The molecule has 0 fully saturated rings. The molecule has 11 heavy (non-hydrogen) atoms. The van der Waals surface area contributed by atoms with Gasteiger partial charge in [0.15, 0.2) is 0 Å². The summed E-state index contributed by atoms with van der Waals surface area (Å²) in [6, 6.07) is 8.24. The first-order chi connectivity index (χ1) is 5.42. The molecular weight excluding hydrogens is 138 g/mol. The molecule has 2 nitrogen and oxygen atoms in total. The average molecular weight is 148 g/mol. The van der Waals surface area contributed by atoms with Crippen molar-refractivity contribution in [3.63, 3.8) is 0 Å². The lowest BCUT2D eigenvalue weighted by Gasteiger charge is -1.93. The van der Waals surface area contributed by atoms with Crippen LogP contribution in [0, 0.1) is 0 Å². The minimum absolute atomic E-state index is 0.976. The molecule has 2 heteroatoms. The predicted octanol–water partition coefficient (Wildman–Crippen LogP) is 1.52. The molecule has 0 bridgehead atoms. The van der Waals surface area contributed by atoms with Crippen LogP contribution in [0.2, 0.25) is 0 Å². The Bertz CT molecular complexity index is 304. The van der Waals surface area contributed by atoms with Gasteiger partial charge in [-0.25, -0.2) is 0 Å². The van der Waals surface area contributed by atoms with Crippen LogP contribution in [0.4, 0.5) is 5.69 Å². The van der Waals surface area contributed by atoms with Crippen molar-refractivity contribution in [2.75, 3.05) is 7.11 Å². The van der Waals surface area contributed by atoms with Crippen molar-refractivity contribution in [2.45, 2.75) is 6.42 Å². The molecule has 0 spiro atoms. The van der Waals surface area contributed by atoms with E-state index in [2.05, 4.69) is 12.1 Å². The van der Waals surface area contributed by atoms with Crippen molar-refractivity contribution in [2.24, 2.45) is 0 Å². The van der Waals surface area contributed by atoms with Crippen molar-refractivity contribution < 1.29 is 9.58 Å². The second-order valence-electron chi connectivity index (χ2n) is 2.52. The van der Waals surface area contributed by atoms with Gasteiger partial charge in [0.1, 0.15) is 7.11 Å². The first-order valence-electron chi connectivity index (χ1n) is 3.66. The van der Waals surface area contributed by atoms with Crippen LogP contribution in [0.1, 0.15) is 5.56 Å². The standard InChI is InChI=1S/C9H10NO/c1-11-10-7-6-8-4-2-3-5-9(8)10/h2-5,7H,6H2,1H3/q+1. The van der Waals surface area contributed by atoms with Gasteiger partial charge in [0, 0.05) is 16.4 Å². The second-order valence-corrected chi connectivity index (χ2v) is 2.52. The topological polar surface area (TPSA) is 12.2 Å². The molecule has 0 N–H and O–H groups in total. The van der Waals surface area contributed by atoms with Crippen LogP contribution in [-0.4, -0.2) is 18.1 Å². The molecule has 2 rings (SSSR count). The molecule has 56 valence electrons. The Morgan fingerprint density at radius 3 is 3.00 bits per heavy atom. The van der Waals surface area contributed by atoms with E-state index in [-0.39, 0.29) is 0 Å². The van der Waals surface area contributed by atoms with Crippen LogP contribution in [0.15, 0.2) is 24.3 Å². The molecule has 1 aromatic rings. The lowest BCUT2D eigenvalue weighted by Crippen LogP contribution is -1.99. The molecule has 1 heterocycles. The normalized spacial score (nSPS) is 14.1. The highest BCUT2D eigenvalue weighted by Crippen LogP contribution is 2.22. The quantitative estimate of drug-likeness (QED) is 0.550. The van der Waals surface area contributed by atoms with Gasteiger partial charge < -0.3 is 0 Å². The van der Waals surface area contributed by atoms with E-state index in [1.165, 1.54) is 5.56 Å². The first kappa shape index (κ1) is 6.40. The van der Waals surface area contributed by atoms with Crippen molar-refractivity contribution >= 4 is 11.9 Å². The third kappa shape index (κ3) is 0.909. The van der Waals surface area contributed by atoms with E-state index in [0.717, 1.165) is 12.1 Å². The molecule has 0 amide bonds. The number of nitrogens with zero attached hydrogens (tertiary/aromatic N) is 1. The molecule has 0 atom stereocenters. The molecule has 1 aliphatic rings. The van der Waals surface area contributed by atoms with Gasteiger partial charge in [-0.1, -0.05) is 18.2 Å². The lowest BCUT2D eigenvalue weighted by molar-refractivity contribution is -0.715. The zero-order valence-electron chi connectivity index (χ0n) is 6.45. The van der Waals surface area contributed by atoms with Gasteiger partial charge in [0.2, 0.25) is 6.21 Å². The van der Waals surface area contributed by atoms with Gasteiger partial charge in [-0.2, -0.15) is 0 Å². The van der Waals surface area contributed by atoms with Crippen LogP contribution >= 0.6 is 0 Å². The SMILES string of the molecule is CO[N+]1=CCc2ccccc21. The number of benzene rings is 1. The Kier molecular flexibility index (Phi) is 1.39. The van der Waals surface area contributed by atoms with Crippen molar-refractivity contribution in [3.8, 4) is 0 Å². The number of rotatable bonds is 1. The third-order valence-corrected chi connectivity index (χ3v) is 1.90. The summed E-state index contributed by atoms with van der Waals surface area (Å²) in [5, 5.41) is 0. The van der Waals surface area contributed by atoms with E-state index in [9.17, 15) is 0 Å². The molecule has 0 radical (unpaired) electrons. The summed E-state index contributed by atoms with van der Waals surface area (Å²) >= 11 is 0. The molecule has 1 aromatic carbocycles. The van der Waals surface area contributed by atoms with Gasteiger partial charge in [-0.05, 0) is 0 Å². The minimum atomic E-state index is 0.976. The predicted molar refractivity (Wildman–Crippen MR) is 43.1 cm³/mol. The van der Waals surface area contributed by atoms with Gasteiger partial charge in [0.05, 0.1) is 6.42 Å². The lowest BCUT2D eigenvalue weighted by atomic mass is 10.2. The van der Waals surface area contributed by atoms with Gasteiger partial charge in [0.25, 0.3) is 5.69 Å². The van der Waals surface area contributed by atoms with Crippen LogP contribution in [0.3, 0.4) is 0 Å². The number of para-hydroxylation sites is 1. The van der Waals surface area contributed by atoms with Crippen molar-refractivity contribution in [1.82, 2.24) is 0 Å². The highest BCUT2D eigenvalue weighted by Gasteiger charge is 2.21. The second kappa shape index (κ2) is 2.38. The Morgan fingerprint density at radius 1 is 1.36 bits per heavy atom. The molecule has 0 unspecified atom stereocenters. The van der Waals surface area contributed by atoms with E-state index in [1.54, 1.807) is 11.8 Å². The maximum absolute atomic E-state index is 5.12. The molecular formula is C9H10NO+. The van der Waals surface area contributed by atoms with Crippen LogP contribution in [-0.2, 0) is 11.3 Å². The molecule has 0 saturated heterocycles. The highest BCUT2D eigenvalue weighted by atomic mass is 16.7. The first-order valence-corrected chi connectivity index (χ1v) is 3.66. The summed E-state index contributed by atoms with van der Waals surface area (Å²) in [4.78, 5) is 5.12. The largest absolute Gasteiger partial charge is 0.274 e. The van der Waals surface area contributed by atoms with Gasteiger partial charge in [-0.3, -0.25) is 4.84 Å². The monoisotopic (exact) mass is 148 g/mol. The fourth-order valence-electron chi connectivity index (χ4n) is 1.35. The molecule has 0 saturated carbocycles. The number of fused-ring (bicyclic) bond motifs is 1. The Morgan fingerprint density at radius 2 is 2.18 bits per heavy atom. The fourth-order valence-corrected chi connectivity index (χ4v) is 1.35. The van der Waals surface area contributed by atoms with E-state index in [1.807, 2.05) is 18.3 Å². The summed E-state index contributed by atoms with van der Waals surface area (Å²) in [6.07, 6.45) is 3.01. The summed E-state index contributed by atoms with van der Waals surface area (Å²) in [5.41, 5.74) is 2.49. The fraction of sp³-hybridized carbons (Fsp3) is 0.222. The van der Waals surface area contributed by atoms with E-state index < -0.39 is 0 Å². The van der Waals surface area contributed by atoms with Crippen molar-refractivity contribution in [3.05, 3.63) is 29.8 Å². The smallest absolute Gasteiger partial charge is 0.260 e. The minimum Gasteiger partial charge on any atom is -0.274 e. The summed E-state index contributed by atoms with van der Waals surface area (Å²) in [6.45, 7) is 0. The number of hydrogen-bond donors (Lipinski definition) is 0. The Hall–Kier alpha value is -1.31. The molecule has 1 aliphatic heterocycles. The van der Waals surface area contributed by atoms with E-state index in [4.69, 9.17) is 4.84 Å². The summed E-state index contributed by atoms with van der Waals surface area (Å²) < 4.78 is 1.80. The Labute approximate surface area is 65.7 Å². The summed E-state index contributed by atoms with van der Waals surface area (Å²) in [7, 11) is 1.68. The Balaban J connectivity index is 2.48. The van der Waals surface area contributed by atoms with Crippen LogP contribution in [0.5, 0.6) is 0 Å². The zero-order valence-corrected chi connectivity index (χ0v) is 6.45. The maximum Gasteiger partial charge on any atom is 0.260 e. The summed E-state index contributed by atoms with van der Waals surface area (Å²) in [5.74, 6) is 0. The zero-order chi connectivity index (χ0) is 7.68. The number of hydrogen-bond acceptors (Lipinski definition) is 1. The van der Waals surface area contributed by atoms with E-state index in [0.29, 0.717) is 0 Å².